The predicted molar refractivity (Wildman–Crippen MR) is 119 cm³/mol. The molecule has 3 aromatic rings. The fraction of sp³-hybridized carbons (Fsp3) is 0.542. The Kier molecular flexibility index (Phi) is 4.37. The van der Waals surface area contributed by atoms with Crippen LogP contribution >= 0.6 is 0 Å². The van der Waals surface area contributed by atoms with Crippen molar-refractivity contribution in [2.75, 3.05) is 11.9 Å². The van der Waals surface area contributed by atoms with Crippen molar-refractivity contribution in [3.8, 4) is 5.75 Å². The molecule has 2 bridgehead atoms. The number of fused-ring (bicyclic) bond motifs is 4. The van der Waals surface area contributed by atoms with Crippen LogP contribution in [0.2, 0.25) is 0 Å². The van der Waals surface area contributed by atoms with Gasteiger partial charge in [-0.05, 0) is 51.9 Å². The highest BCUT2D eigenvalue weighted by atomic mass is 16.5. The maximum absolute atomic E-state index is 13.2. The number of rotatable bonds is 5. The lowest BCUT2D eigenvalue weighted by molar-refractivity contribution is -0.146. The maximum Gasteiger partial charge on any atom is 0.262 e. The number of ether oxygens (including phenoxy) is 2. The minimum atomic E-state index is -0.234. The average Bonchev–Trinajstić information content (AvgIpc) is 3.36. The van der Waals surface area contributed by atoms with E-state index < -0.39 is 0 Å². The zero-order valence-electron chi connectivity index (χ0n) is 18.6. The Labute approximate surface area is 186 Å². The van der Waals surface area contributed by atoms with Crippen molar-refractivity contribution in [3.63, 3.8) is 0 Å². The van der Waals surface area contributed by atoms with E-state index in [1.165, 1.54) is 0 Å². The number of carbonyl (C=O) groups excluding carboxylic acids is 1. The molecule has 2 saturated carbocycles. The van der Waals surface area contributed by atoms with Crippen LogP contribution in [-0.4, -0.2) is 43.4 Å². The van der Waals surface area contributed by atoms with Gasteiger partial charge in [-0.2, -0.15) is 5.10 Å². The van der Waals surface area contributed by atoms with E-state index in [2.05, 4.69) is 23.5 Å². The van der Waals surface area contributed by atoms with E-state index in [1.54, 1.807) is 16.9 Å². The first-order chi connectivity index (χ1) is 15.4. The molecule has 4 fully saturated rings. The van der Waals surface area contributed by atoms with Crippen LogP contribution in [-0.2, 0) is 17.2 Å². The minimum Gasteiger partial charge on any atom is -0.489 e. The molecule has 3 aromatic heterocycles. The molecule has 168 valence electrons. The molecule has 1 amide bonds. The number of aromatic nitrogens is 4. The Bertz CT molecular complexity index is 1170. The standard InChI is InChI=1S/C24H29N5O3/c1-23-7-9-24(10-8-23,15-31-23)19-14-29-13-17(22(30)26-20-6-11-28(2)27-20)18(12-21(29)25-19)32-16-4-3-5-16/h6,11-14,16H,3-5,7-10,15H2,1-2H3,(H,26,27,30). The Balaban J connectivity index is 1.36. The van der Waals surface area contributed by atoms with Crippen LogP contribution in [0.1, 0.15) is 67.9 Å². The van der Waals surface area contributed by atoms with Crippen molar-refractivity contribution in [1.29, 1.82) is 0 Å². The molecule has 0 unspecified atom stereocenters. The smallest absolute Gasteiger partial charge is 0.262 e. The molecule has 2 aliphatic carbocycles. The van der Waals surface area contributed by atoms with Crippen LogP contribution in [0, 0.1) is 0 Å². The predicted octanol–water partition coefficient (Wildman–Crippen LogP) is 3.85. The molecule has 0 spiro atoms. The first-order valence-electron chi connectivity index (χ1n) is 11.6. The molecule has 0 atom stereocenters. The fourth-order valence-corrected chi connectivity index (χ4v) is 5.06. The first kappa shape index (κ1) is 19.8. The van der Waals surface area contributed by atoms with E-state index in [-0.39, 0.29) is 23.0 Å². The highest BCUT2D eigenvalue weighted by Crippen LogP contribution is 2.49. The molecule has 0 radical (unpaired) electrons. The molecule has 8 heteroatoms. The number of pyridine rings is 1. The van der Waals surface area contributed by atoms with Gasteiger partial charge < -0.3 is 19.2 Å². The largest absolute Gasteiger partial charge is 0.489 e. The quantitative estimate of drug-likeness (QED) is 0.658. The van der Waals surface area contributed by atoms with E-state index in [1.807, 2.05) is 23.7 Å². The first-order valence-corrected chi connectivity index (χ1v) is 11.6. The number of hydrogen-bond acceptors (Lipinski definition) is 5. The topological polar surface area (TPSA) is 82.7 Å². The lowest BCUT2D eigenvalue weighted by atomic mass is 9.65. The second-order valence-electron chi connectivity index (χ2n) is 9.96. The second-order valence-corrected chi connectivity index (χ2v) is 9.96. The van der Waals surface area contributed by atoms with Crippen molar-refractivity contribution in [2.24, 2.45) is 7.05 Å². The van der Waals surface area contributed by atoms with Gasteiger partial charge in [0, 0.05) is 43.2 Å². The maximum atomic E-state index is 13.2. The lowest BCUT2D eigenvalue weighted by Crippen LogP contribution is -2.51. The van der Waals surface area contributed by atoms with E-state index >= 15 is 0 Å². The summed E-state index contributed by atoms with van der Waals surface area (Å²) in [5.41, 5.74) is 2.34. The number of aryl methyl sites for hydroxylation is 1. The Morgan fingerprint density at radius 3 is 2.69 bits per heavy atom. The van der Waals surface area contributed by atoms with Crippen LogP contribution in [0.25, 0.3) is 5.65 Å². The molecule has 7 rings (SSSR count). The molecule has 5 heterocycles. The summed E-state index contributed by atoms with van der Waals surface area (Å²) < 4.78 is 16.0. The number of anilines is 1. The molecular weight excluding hydrogens is 406 g/mol. The molecular formula is C24H29N5O3. The summed E-state index contributed by atoms with van der Waals surface area (Å²) in [6.07, 6.45) is 13.4. The lowest BCUT2D eigenvalue weighted by Gasteiger charge is -2.51. The summed E-state index contributed by atoms with van der Waals surface area (Å²) >= 11 is 0. The van der Waals surface area contributed by atoms with E-state index in [0.29, 0.717) is 23.7 Å². The zero-order chi connectivity index (χ0) is 21.9. The van der Waals surface area contributed by atoms with Crippen LogP contribution in [0.4, 0.5) is 5.82 Å². The van der Waals surface area contributed by atoms with Gasteiger partial charge >= 0.3 is 0 Å². The highest BCUT2D eigenvalue weighted by molar-refractivity contribution is 6.05. The van der Waals surface area contributed by atoms with Crippen molar-refractivity contribution < 1.29 is 14.3 Å². The summed E-state index contributed by atoms with van der Waals surface area (Å²) in [5, 5.41) is 7.15. The van der Waals surface area contributed by atoms with Crippen LogP contribution in [0.5, 0.6) is 5.75 Å². The Morgan fingerprint density at radius 2 is 2.06 bits per heavy atom. The molecule has 2 saturated heterocycles. The second kappa shape index (κ2) is 7.07. The SMILES string of the molecule is Cn1ccc(NC(=O)c2cn3cc(C45CCC(C)(CC4)OC5)nc3cc2OC2CCC2)n1. The number of nitrogens with zero attached hydrogens (tertiary/aromatic N) is 4. The third kappa shape index (κ3) is 3.28. The number of imidazole rings is 1. The average molecular weight is 436 g/mol. The van der Waals surface area contributed by atoms with Gasteiger partial charge in [-0.3, -0.25) is 9.48 Å². The summed E-state index contributed by atoms with van der Waals surface area (Å²) in [7, 11) is 1.82. The zero-order valence-corrected chi connectivity index (χ0v) is 18.6. The molecule has 0 aromatic carbocycles. The molecule has 4 aliphatic rings. The third-order valence-corrected chi connectivity index (χ3v) is 7.61. The number of nitrogens with one attached hydrogen (secondary N) is 1. The van der Waals surface area contributed by atoms with Gasteiger partial charge in [0.1, 0.15) is 11.4 Å². The molecule has 8 nitrogen and oxygen atoms in total. The molecule has 1 N–H and O–H groups in total. The monoisotopic (exact) mass is 435 g/mol. The van der Waals surface area contributed by atoms with Crippen molar-refractivity contribution in [3.05, 3.63) is 42.0 Å². The van der Waals surface area contributed by atoms with Crippen molar-refractivity contribution in [2.45, 2.75) is 69.0 Å². The van der Waals surface area contributed by atoms with E-state index in [4.69, 9.17) is 14.5 Å². The van der Waals surface area contributed by atoms with Crippen LogP contribution < -0.4 is 10.1 Å². The van der Waals surface area contributed by atoms with Crippen LogP contribution in [0.3, 0.4) is 0 Å². The number of amides is 1. The number of carbonyl (C=O) groups is 1. The summed E-state index contributed by atoms with van der Waals surface area (Å²) in [6, 6.07) is 3.68. The summed E-state index contributed by atoms with van der Waals surface area (Å²) in [5.74, 6) is 0.867. The van der Waals surface area contributed by atoms with Gasteiger partial charge in [0.15, 0.2) is 5.82 Å². The van der Waals surface area contributed by atoms with Gasteiger partial charge in [0.05, 0.1) is 29.6 Å². The van der Waals surface area contributed by atoms with Gasteiger partial charge in [-0.1, -0.05) is 0 Å². The highest BCUT2D eigenvalue weighted by Gasteiger charge is 2.49. The van der Waals surface area contributed by atoms with E-state index in [9.17, 15) is 4.79 Å². The molecule has 2 aliphatic heterocycles. The van der Waals surface area contributed by atoms with Gasteiger partial charge in [-0.15, -0.1) is 0 Å². The van der Waals surface area contributed by atoms with Crippen molar-refractivity contribution in [1.82, 2.24) is 19.2 Å². The number of hydrogen-bond donors (Lipinski definition) is 1. The third-order valence-electron chi connectivity index (χ3n) is 7.61. The van der Waals surface area contributed by atoms with Gasteiger partial charge in [-0.25, -0.2) is 4.98 Å². The fourth-order valence-electron chi connectivity index (χ4n) is 5.06. The van der Waals surface area contributed by atoms with Gasteiger partial charge in [0.2, 0.25) is 0 Å². The Hall–Kier alpha value is -2.87. The normalized spacial score (nSPS) is 27.4. The minimum absolute atomic E-state index is 0.0292. The van der Waals surface area contributed by atoms with E-state index in [0.717, 1.165) is 56.3 Å². The van der Waals surface area contributed by atoms with Gasteiger partial charge in [0.25, 0.3) is 5.91 Å². The van der Waals surface area contributed by atoms with Crippen molar-refractivity contribution >= 4 is 17.4 Å². The summed E-state index contributed by atoms with van der Waals surface area (Å²) in [4.78, 5) is 18.1. The Morgan fingerprint density at radius 1 is 1.25 bits per heavy atom. The summed E-state index contributed by atoms with van der Waals surface area (Å²) in [6.45, 7) is 2.93. The van der Waals surface area contributed by atoms with Crippen LogP contribution in [0.15, 0.2) is 30.7 Å². The molecule has 32 heavy (non-hydrogen) atoms.